The molecule has 3 aromatic rings. The van der Waals surface area contributed by atoms with E-state index in [2.05, 4.69) is 39.0 Å². The Balaban J connectivity index is 1.40. The second-order valence-corrected chi connectivity index (χ2v) is 9.16. The van der Waals surface area contributed by atoms with Crippen molar-refractivity contribution in [3.8, 4) is 0 Å². The van der Waals surface area contributed by atoms with E-state index in [0.29, 0.717) is 37.5 Å². The second kappa shape index (κ2) is 8.57. The van der Waals surface area contributed by atoms with E-state index < -0.39 is 10.0 Å². The van der Waals surface area contributed by atoms with Crippen molar-refractivity contribution in [1.82, 2.24) is 19.7 Å². The van der Waals surface area contributed by atoms with E-state index in [1.807, 2.05) is 30.3 Å². The summed E-state index contributed by atoms with van der Waals surface area (Å²) in [5.74, 6) is 1.46. The van der Waals surface area contributed by atoms with Crippen LogP contribution in [0.25, 0.3) is 11.0 Å². The van der Waals surface area contributed by atoms with Crippen molar-refractivity contribution >= 4 is 32.6 Å². The molecule has 4 rings (SSSR count). The molecule has 0 spiro atoms. The van der Waals surface area contributed by atoms with E-state index in [1.165, 1.54) is 4.31 Å². The van der Waals surface area contributed by atoms with Crippen molar-refractivity contribution in [3.63, 3.8) is 0 Å². The molecule has 10 heteroatoms. The predicted octanol–water partition coefficient (Wildman–Crippen LogP) is 2.12. The van der Waals surface area contributed by atoms with Crippen LogP contribution in [0.15, 0.2) is 40.9 Å². The quantitative estimate of drug-likeness (QED) is 0.562. The highest BCUT2D eigenvalue weighted by Crippen LogP contribution is 2.23. The summed E-state index contributed by atoms with van der Waals surface area (Å²) in [6.45, 7) is 7.86. The van der Waals surface area contributed by atoms with Crippen LogP contribution in [0.5, 0.6) is 0 Å². The van der Waals surface area contributed by atoms with Crippen LogP contribution in [0.1, 0.15) is 19.5 Å². The molecular weight excluding hydrogens is 404 g/mol. The molecule has 0 atom stereocenters. The average molecular weight is 431 g/mol. The molecule has 0 amide bonds. The summed E-state index contributed by atoms with van der Waals surface area (Å²) < 4.78 is 32.6. The van der Waals surface area contributed by atoms with Crippen LogP contribution >= 0.6 is 0 Å². The minimum absolute atomic E-state index is 0.164. The number of aromatic nitrogens is 3. The summed E-state index contributed by atoms with van der Waals surface area (Å²) >= 11 is 0. The van der Waals surface area contributed by atoms with Gasteiger partial charge in [0.15, 0.2) is 17.2 Å². The first-order chi connectivity index (χ1) is 14.5. The van der Waals surface area contributed by atoms with Crippen molar-refractivity contribution in [2.75, 3.05) is 49.1 Å². The van der Waals surface area contributed by atoms with Crippen LogP contribution in [-0.4, -0.2) is 67.3 Å². The second-order valence-electron chi connectivity index (χ2n) is 7.19. The van der Waals surface area contributed by atoms with Gasteiger partial charge in [0.05, 0.1) is 0 Å². The van der Waals surface area contributed by atoms with Gasteiger partial charge in [0, 0.05) is 44.7 Å². The fourth-order valence-corrected chi connectivity index (χ4v) is 5.16. The lowest BCUT2D eigenvalue weighted by atomic mass is 10.2. The number of sulfonamides is 1. The highest BCUT2D eigenvalue weighted by molar-refractivity contribution is 7.88. The number of anilines is 2. The summed E-state index contributed by atoms with van der Waals surface area (Å²) in [7, 11) is -3.49. The summed E-state index contributed by atoms with van der Waals surface area (Å²) in [5, 5.41) is 13.4. The molecule has 0 unspecified atom stereocenters. The maximum Gasteiger partial charge on any atom is 0.220 e. The lowest BCUT2D eigenvalue weighted by Crippen LogP contribution is -2.49. The fraction of sp³-hybridized carbons (Fsp3) is 0.450. The standard InChI is InChI=1S/C20H26N6O3S/c1-3-24(4-2)19-9-10-20(22-21-19)25-11-13-26(14-12-25)30(27,28)15-17-16-7-5-6-8-18(16)29-23-17/h5-10H,3-4,11-15H2,1-2H3. The maximum absolute atomic E-state index is 12.9. The smallest absolute Gasteiger partial charge is 0.220 e. The Bertz CT molecular complexity index is 1090. The van der Waals surface area contributed by atoms with Gasteiger partial charge in [-0.05, 0) is 38.1 Å². The Kier molecular flexibility index (Phi) is 5.87. The van der Waals surface area contributed by atoms with E-state index in [-0.39, 0.29) is 5.75 Å². The Morgan fingerprint density at radius 3 is 2.40 bits per heavy atom. The number of rotatable bonds is 7. The topological polar surface area (TPSA) is 95.7 Å². The highest BCUT2D eigenvalue weighted by Gasteiger charge is 2.29. The van der Waals surface area contributed by atoms with Crippen molar-refractivity contribution in [1.29, 1.82) is 0 Å². The molecule has 1 aliphatic heterocycles. The largest absolute Gasteiger partial charge is 0.356 e. The lowest BCUT2D eigenvalue weighted by Gasteiger charge is -2.34. The molecule has 0 bridgehead atoms. The third-order valence-corrected chi connectivity index (χ3v) is 7.24. The normalized spacial score (nSPS) is 15.6. The molecule has 9 nitrogen and oxygen atoms in total. The van der Waals surface area contributed by atoms with Gasteiger partial charge in [-0.15, -0.1) is 10.2 Å². The molecule has 3 heterocycles. The number of fused-ring (bicyclic) bond motifs is 1. The van der Waals surface area contributed by atoms with Crippen molar-refractivity contribution in [3.05, 3.63) is 42.1 Å². The van der Waals surface area contributed by atoms with Gasteiger partial charge in [0.1, 0.15) is 11.4 Å². The van der Waals surface area contributed by atoms with Crippen molar-refractivity contribution in [2.24, 2.45) is 0 Å². The van der Waals surface area contributed by atoms with Crippen molar-refractivity contribution < 1.29 is 12.9 Å². The van der Waals surface area contributed by atoms with E-state index >= 15 is 0 Å². The first kappa shape index (κ1) is 20.5. The number of hydrogen-bond donors (Lipinski definition) is 0. The molecule has 160 valence electrons. The third kappa shape index (κ3) is 4.10. The van der Waals surface area contributed by atoms with Gasteiger partial charge >= 0.3 is 0 Å². The van der Waals surface area contributed by atoms with Crippen molar-refractivity contribution in [2.45, 2.75) is 19.6 Å². The first-order valence-electron chi connectivity index (χ1n) is 10.2. The van der Waals surface area contributed by atoms with Crippen LogP contribution in [0.4, 0.5) is 11.6 Å². The first-order valence-corrected chi connectivity index (χ1v) is 11.8. The molecule has 0 radical (unpaired) electrons. The number of hydrogen-bond acceptors (Lipinski definition) is 8. The SMILES string of the molecule is CCN(CC)c1ccc(N2CCN(S(=O)(=O)Cc3noc4ccccc34)CC2)nn1. The Hall–Kier alpha value is -2.72. The summed E-state index contributed by atoms with van der Waals surface area (Å²) in [6.07, 6.45) is 0. The zero-order valence-electron chi connectivity index (χ0n) is 17.2. The van der Waals surface area contributed by atoms with Crippen LogP contribution < -0.4 is 9.80 Å². The average Bonchev–Trinajstić information content (AvgIpc) is 3.17. The van der Waals surface area contributed by atoms with Crippen LogP contribution in [0.3, 0.4) is 0 Å². The third-order valence-electron chi connectivity index (χ3n) is 5.45. The Morgan fingerprint density at radius 2 is 1.73 bits per heavy atom. The molecule has 0 saturated carbocycles. The summed E-state index contributed by atoms with van der Waals surface area (Å²) in [6, 6.07) is 11.2. The maximum atomic E-state index is 12.9. The molecule has 30 heavy (non-hydrogen) atoms. The van der Waals surface area contributed by atoms with Gasteiger partial charge in [-0.3, -0.25) is 0 Å². The fourth-order valence-electron chi connectivity index (χ4n) is 3.70. The summed E-state index contributed by atoms with van der Waals surface area (Å²) in [4.78, 5) is 4.20. The Morgan fingerprint density at radius 1 is 1.00 bits per heavy atom. The summed E-state index contributed by atoms with van der Waals surface area (Å²) in [5.41, 5.74) is 1.05. The molecular formula is C20H26N6O3S. The van der Waals surface area contributed by atoms with Gasteiger partial charge in [0.2, 0.25) is 10.0 Å². The predicted molar refractivity (Wildman–Crippen MR) is 116 cm³/mol. The molecule has 0 aliphatic carbocycles. The minimum atomic E-state index is -3.49. The van der Waals surface area contributed by atoms with E-state index in [9.17, 15) is 8.42 Å². The van der Waals surface area contributed by atoms with E-state index in [1.54, 1.807) is 6.07 Å². The lowest BCUT2D eigenvalue weighted by molar-refractivity contribution is 0.381. The number of piperazine rings is 1. The van der Waals surface area contributed by atoms with Crippen LogP contribution in [0.2, 0.25) is 0 Å². The molecule has 0 N–H and O–H groups in total. The van der Waals surface area contributed by atoms with Crippen LogP contribution in [-0.2, 0) is 15.8 Å². The zero-order chi connectivity index (χ0) is 21.1. The molecule has 1 saturated heterocycles. The van der Waals surface area contributed by atoms with Gasteiger partial charge in [0.25, 0.3) is 0 Å². The highest BCUT2D eigenvalue weighted by atomic mass is 32.2. The van der Waals surface area contributed by atoms with E-state index in [0.717, 1.165) is 30.1 Å². The molecule has 1 fully saturated rings. The molecule has 1 aromatic carbocycles. The van der Waals surface area contributed by atoms with E-state index in [4.69, 9.17) is 4.52 Å². The number of nitrogens with zero attached hydrogens (tertiary/aromatic N) is 6. The molecule has 1 aliphatic rings. The molecule has 2 aromatic heterocycles. The van der Waals surface area contributed by atoms with Crippen LogP contribution in [0, 0.1) is 0 Å². The van der Waals surface area contributed by atoms with Gasteiger partial charge in [-0.25, -0.2) is 8.42 Å². The van der Waals surface area contributed by atoms with Gasteiger partial charge in [-0.1, -0.05) is 17.3 Å². The Labute approximate surface area is 176 Å². The zero-order valence-corrected chi connectivity index (χ0v) is 18.0. The number of benzene rings is 1. The number of para-hydroxylation sites is 1. The minimum Gasteiger partial charge on any atom is -0.356 e. The van der Waals surface area contributed by atoms with Gasteiger partial charge < -0.3 is 14.3 Å². The van der Waals surface area contributed by atoms with Gasteiger partial charge in [-0.2, -0.15) is 4.31 Å². The monoisotopic (exact) mass is 430 g/mol.